The van der Waals surface area contributed by atoms with Crippen LogP contribution in [0.1, 0.15) is 43.3 Å². The van der Waals surface area contributed by atoms with Crippen LogP contribution in [0.5, 0.6) is 5.75 Å². The number of nitrogens with one attached hydrogen (secondary N) is 2. The van der Waals surface area contributed by atoms with E-state index < -0.39 is 0 Å². The van der Waals surface area contributed by atoms with Gasteiger partial charge in [0, 0.05) is 37.9 Å². The number of ether oxygens (including phenoxy) is 1. The molecule has 0 amide bonds. The van der Waals surface area contributed by atoms with Crippen molar-refractivity contribution in [3.05, 3.63) is 46.8 Å². The first kappa shape index (κ1) is 27.2. The van der Waals surface area contributed by atoms with Crippen LogP contribution in [0.2, 0.25) is 0 Å². The van der Waals surface area contributed by atoms with Crippen LogP contribution in [0, 0.1) is 13.8 Å². The molecule has 2 rings (SSSR count). The number of likely N-dealkylation sites (N-methyl/N-ethyl adjacent to an activating group) is 1. The van der Waals surface area contributed by atoms with Gasteiger partial charge in [-0.2, -0.15) is 5.10 Å². The minimum Gasteiger partial charge on any atom is -0.492 e. The van der Waals surface area contributed by atoms with Crippen molar-refractivity contribution in [1.82, 2.24) is 25.3 Å². The van der Waals surface area contributed by atoms with Gasteiger partial charge in [0.05, 0.1) is 12.2 Å². The van der Waals surface area contributed by atoms with Crippen molar-refractivity contribution in [2.24, 2.45) is 12.0 Å². The summed E-state index contributed by atoms with van der Waals surface area (Å²) in [5.74, 6) is 1.71. The van der Waals surface area contributed by atoms with E-state index in [0.717, 1.165) is 49.1 Å². The SMILES string of the molecule is CCNC(=NCc1ccc(OCCN(CC)CC)cc1)NCc1c(C)nn(C)c1C.I. The molecule has 1 aromatic carbocycles. The molecule has 31 heavy (non-hydrogen) atoms. The van der Waals surface area contributed by atoms with E-state index in [-0.39, 0.29) is 24.0 Å². The molecule has 1 heterocycles. The molecule has 2 N–H and O–H groups in total. The van der Waals surface area contributed by atoms with Gasteiger partial charge in [0.25, 0.3) is 0 Å². The fourth-order valence-electron chi connectivity index (χ4n) is 3.28. The largest absolute Gasteiger partial charge is 0.492 e. The van der Waals surface area contributed by atoms with Gasteiger partial charge >= 0.3 is 0 Å². The Morgan fingerprint density at radius 3 is 2.32 bits per heavy atom. The quantitative estimate of drug-likeness (QED) is 0.258. The molecule has 0 aliphatic heterocycles. The van der Waals surface area contributed by atoms with Gasteiger partial charge in [-0.3, -0.25) is 4.68 Å². The smallest absolute Gasteiger partial charge is 0.191 e. The molecule has 0 aliphatic rings. The summed E-state index contributed by atoms with van der Waals surface area (Å²) in [6, 6.07) is 8.20. The minimum atomic E-state index is 0. The average Bonchev–Trinajstić information content (AvgIpc) is 2.99. The van der Waals surface area contributed by atoms with Crippen molar-refractivity contribution in [2.75, 3.05) is 32.8 Å². The maximum atomic E-state index is 5.86. The summed E-state index contributed by atoms with van der Waals surface area (Å²) >= 11 is 0. The molecule has 174 valence electrons. The third kappa shape index (κ3) is 8.68. The van der Waals surface area contributed by atoms with Crippen LogP contribution in [0.3, 0.4) is 0 Å². The second-order valence-electron chi connectivity index (χ2n) is 7.34. The van der Waals surface area contributed by atoms with Crippen molar-refractivity contribution >= 4 is 29.9 Å². The van der Waals surface area contributed by atoms with Gasteiger partial charge in [-0.15, -0.1) is 24.0 Å². The van der Waals surface area contributed by atoms with Gasteiger partial charge in [0.15, 0.2) is 5.96 Å². The zero-order valence-electron chi connectivity index (χ0n) is 19.9. The lowest BCUT2D eigenvalue weighted by Crippen LogP contribution is -2.37. The van der Waals surface area contributed by atoms with E-state index in [1.165, 1.54) is 11.3 Å². The highest BCUT2D eigenvalue weighted by atomic mass is 127. The molecule has 0 saturated heterocycles. The zero-order chi connectivity index (χ0) is 21.9. The van der Waals surface area contributed by atoms with Crippen LogP contribution in [-0.2, 0) is 20.1 Å². The first-order chi connectivity index (χ1) is 14.5. The average molecular weight is 543 g/mol. The molecule has 0 bridgehead atoms. The van der Waals surface area contributed by atoms with Crippen molar-refractivity contribution in [1.29, 1.82) is 0 Å². The fraction of sp³-hybridized carbons (Fsp3) is 0.565. The molecular formula is C23H39IN6O. The topological polar surface area (TPSA) is 66.7 Å². The van der Waals surface area contributed by atoms with E-state index in [1.807, 2.05) is 30.8 Å². The fourth-order valence-corrected chi connectivity index (χ4v) is 3.28. The highest BCUT2D eigenvalue weighted by Crippen LogP contribution is 2.13. The monoisotopic (exact) mass is 542 g/mol. The van der Waals surface area contributed by atoms with Crippen LogP contribution >= 0.6 is 24.0 Å². The first-order valence-electron chi connectivity index (χ1n) is 10.9. The predicted octanol–water partition coefficient (Wildman–Crippen LogP) is 3.63. The van der Waals surface area contributed by atoms with Crippen LogP contribution in [-0.4, -0.2) is 53.4 Å². The first-order valence-corrected chi connectivity index (χ1v) is 10.9. The second kappa shape index (κ2) is 14.3. The lowest BCUT2D eigenvalue weighted by molar-refractivity contribution is 0.223. The molecule has 0 radical (unpaired) electrons. The Labute approximate surface area is 204 Å². The van der Waals surface area contributed by atoms with Crippen LogP contribution in [0.4, 0.5) is 0 Å². The normalized spacial score (nSPS) is 11.4. The summed E-state index contributed by atoms with van der Waals surface area (Å²) in [5, 5.41) is 11.2. The summed E-state index contributed by atoms with van der Waals surface area (Å²) in [7, 11) is 1.97. The van der Waals surface area contributed by atoms with Crippen molar-refractivity contribution in [3.63, 3.8) is 0 Å². The third-order valence-electron chi connectivity index (χ3n) is 5.35. The summed E-state index contributed by atoms with van der Waals surface area (Å²) < 4.78 is 7.78. The maximum absolute atomic E-state index is 5.86. The third-order valence-corrected chi connectivity index (χ3v) is 5.35. The van der Waals surface area contributed by atoms with E-state index in [9.17, 15) is 0 Å². The second-order valence-corrected chi connectivity index (χ2v) is 7.34. The van der Waals surface area contributed by atoms with Crippen LogP contribution < -0.4 is 15.4 Å². The van der Waals surface area contributed by atoms with Gasteiger partial charge in [0.2, 0.25) is 0 Å². The van der Waals surface area contributed by atoms with E-state index in [1.54, 1.807) is 0 Å². The molecule has 8 heteroatoms. The molecule has 0 fully saturated rings. The Balaban J connectivity index is 0.00000480. The van der Waals surface area contributed by atoms with Crippen molar-refractivity contribution in [3.8, 4) is 5.75 Å². The van der Waals surface area contributed by atoms with Gasteiger partial charge in [-0.1, -0.05) is 26.0 Å². The van der Waals surface area contributed by atoms with Crippen molar-refractivity contribution in [2.45, 2.75) is 47.7 Å². The molecule has 7 nitrogen and oxygen atoms in total. The molecular weight excluding hydrogens is 503 g/mol. The Bertz CT molecular complexity index is 799. The van der Waals surface area contributed by atoms with E-state index in [0.29, 0.717) is 19.7 Å². The molecule has 0 unspecified atom stereocenters. The highest BCUT2D eigenvalue weighted by molar-refractivity contribution is 14.0. The number of aliphatic imine (C=N–C) groups is 1. The van der Waals surface area contributed by atoms with E-state index >= 15 is 0 Å². The number of hydrogen-bond donors (Lipinski definition) is 2. The summed E-state index contributed by atoms with van der Waals surface area (Å²) in [4.78, 5) is 7.08. The molecule has 0 spiro atoms. The number of hydrogen-bond acceptors (Lipinski definition) is 4. The number of nitrogens with zero attached hydrogens (tertiary/aromatic N) is 4. The van der Waals surface area contributed by atoms with Crippen LogP contribution in [0.15, 0.2) is 29.3 Å². The number of rotatable bonds is 11. The van der Waals surface area contributed by atoms with Gasteiger partial charge in [-0.25, -0.2) is 4.99 Å². The Kier molecular flexibility index (Phi) is 12.5. The Morgan fingerprint density at radius 2 is 1.77 bits per heavy atom. The lowest BCUT2D eigenvalue weighted by Gasteiger charge is -2.18. The maximum Gasteiger partial charge on any atom is 0.191 e. The Hall–Kier alpha value is -1.81. The molecule has 2 aromatic rings. The minimum absolute atomic E-state index is 0. The Morgan fingerprint density at radius 1 is 1.10 bits per heavy atom. The molecule has 0 saturated carbocycles. The number of benzene rings is 1. The number of aromatic nitrogens is 2. The highest BCUT2D eigenvalue weighted by Gasteiger charge is 2.09. The van der Waals surface area contributed by atoms with Gasteiger partial charge < -0.3 is 20.3 Å². The summed E-state index contributed by atoms with van der Waals surface area (Å²) in [6.07, 6.45) is 0. The molecule has 0 atom stereocenters. The summed E-state index contributed by atoms with van der Waals surface area (Å²) in [5.41, 5.74) is 4.59. The number of aryl methyl sites for hydroxylation is 2. The molecule has 0 aliphatic carbocycles. The van der Waals surface area contributed by atoms with Gasteiger partial charge in [-0.05, 0) is 51.6 Å². The van der Waals surface area contributed by atoms with Crippen molar-refractivity contribution < 1.29 is 4.74 Å². The molecule has 1 aromatic heterocycles. The van der Waals surface area contributed by atoms with Crippen LogP contribution in [0.25, 0.3) is 0 Å². The van der Waals surface area contributed by atoms with E-state index in [2.05, 4.69) is 60.5 Å². The van der Waals surface area contributed by atoms with Gasteiger partial charge in [0.1, 0.15) is 12.4 Å². The van der Waals surface area contributed by atoms with E-state index in [4.69, 9.17) is 9.73 Å². The predicted molar refractivity (Wildman–Crippen MR) is 139 cm³/mol. The zero-order valence-corrected chi connectivity index (χ0v) is 22.2. The standard InChI is InChI=1S/C23H38N6O.HI/c1-7-24-23(26-17-22-18(4)27-28(6)19(22)5)25-16-20-10-12-21(13-11-20)30-15-14-29(8-2)9-3;/h10-13H,7-9,14-17H2,1-6H3,(H2,24,25,26);1H. The number of guanidine groups is 1. The number of halogens is 1. The summed E-state index contributed by atoms with van der Waals surface area (Å²) in [6.45, 7) is 16.5. The lowest BCUT2D eigenvalue weighted by atomic mass is 10.2.